The van der Waals surface area contributed by atoms with Gasteiger partial charge in [0, 0.05) is 0 Å². The van der Waals surface area contributed by atoms with Crippen LogP contribution in [0.25, 0.3) is 0 Å². The molecule has 0 aliphatic heterocycles. The van der Waals surface area contributed by atoms with Gasteiger partial charge < -0.3 is 0 Å². The van der Waals surface area contributed by atoms with Crippen LogP contribution in [-0.2, 0) is 4.52 Å². The quantitative estimate of drug-likeness (QED) is 0.534. The Morgan fingerprint density at radius 1 is 0.944 bits per heavy atom. The summed E-state index contributed by atoms with van der Waals surface area (Å²) < 4.78 is 5.24. The smallest absolute Gasteiger partial charge is 0.188 e. The van der Waals surface area contributed by atoms with Crippen molar-refractivity contribution in [3.8, 4) is 0 Å². The molecule has 0 atom stereocenters. The van der Waals surface area contributed by atoms with E-state index in [1.165, 1.54) is 25.7 Å². The predicted molar refractivity (Wildman–Crippen MR) is 76.8 cm³/mol. The molecule has 0 fully saturated rings. The summed E-state index contributed by atoms with van der Waals surface area (Å²) in [6.45, 7) is 2.61. The molecule has 0 aromatic heterocycles. The Morgan fingerprint density at radius 2 is 1.56 bits per heavy atom. The summed E-state index contributed by atoms with van der Waals surface area (Å²) in [6, 6.07) is 8.79. The molecule has 2 N–H and O–H groups in total. The highest BCUT2D eigenvalue weighted by molar-refractivity contribution is 7.67. The molecule has 1 aromatic rings. The summed E-state index contributed by atoms with van der Waals surface area (Å²) in [6.07, 6.45) is 6.96. The Morgan fingerprint density at radius 3 is 2.22 bits per heavy atom. The summed E-state index contributed by atoms with van der Waals surface area (Å²) in [4.78, 5) is 19.7. The molecule has 1 aromatic carbocycles. The summed E-state index contributed by atoms with van der Waals surface area (Å²) in [5.41, 5.74) is 0. The molecule has 4 heteroatoms. The molecular formula is C14H24O3P+. The second kappa shape index (κ2) is 8.60. The lowest BCUT2D eigenvalue weighted by Crippen LogP contribution is -2.13. The Labute approximate surface area is 110 Å². The Bertz CT molecular complexity index is 314. The van der Waals surface area contributed by atoms with Gasteiger partial charge in [0.2, 0.25) is 0 Å². The number of rotatable bonds is 9. The van der Waals surface area contributed by atoms with Crippen molar-refractivity contribution in [3.63, 3.8) is 0 Å². The molecule has 1 rings (SSSR count). The highest BCUT2D eigenvalue weighted by Gasteiger charge is 2.38. The zero-order chi connectivity index (χ0) is 13.3. The van der Waals surface area contributed by atoms with Gasteiger partial charge in [-0.3, -0.25) is 0 Å². The van der Waals surface area contributed by atoms with E-state index in [1.54, 1.807) is 24.3 Å². The molecule has 0 saturated heterocycles. The van der Waals surface area contributed by atoms with Crippen molar-refractivity contribution in [3.05, 3.63) is 30.3 Å². The van der Waals surface area contributed by atoms with E-state index in [-0.39, 0.29) is 0 Å². The van der Waals surface area contributed by atoms with Crippen LogP contribution in [0.2, 0.25) is 0 Å². The third-order valence-corrected chi connectivity index (χ3v) is 4.38. The maximum Gasteiger partial charge on any atom is 0.443 e. The number of hydrogen-bond acceptors (Lipinski definition) is 3. The van der Waals surface area contributed by atoms with E-state index in [2.05, 4.69) is 6.92 Å². The molecule has 3 nitrogen and oxygen atoms in total. The molecule has 0 aliphatic rings. The Kier molecular flexibility index (Phi) is 7.45. The van der Waals surface area contributed by atoms with E-state index >= 15 is 0 Å². The Hall–Kier alpha value is -0.470. The summed E-state index contributed by atoms with van der Waals surface area (Å²) in [7, 11) is -3.36. The minimum atomic E-state index is -3.36. The van der Waals surface area contributed by atoms with Crippen molar-refractivity contribution >= 4 is 13.2 Å². The fourth-order valence-corrected chi connectivity index (χ4v) is 2.86. The van der Waals surface area contributed by atoms with E-state index in [4.69, 9.17) is 4.52 Å². The second-order valence-electron chi connectivity index (χ2n) is 4.48. The van der Waals surface area contributed by atoms with Gasteiger partial charge in [-0.2, -0.15) is 14.3 Å². The highest BCUT2D eigenvalue weighted by atomic mass is 31.2. The molecule has 0 aliphatic carbocycles. The largest absolute Gasteiger partial charge is 0.443 e. The van der Waals surface area contributed by atoms with E-state index in [9.17, 15) is 9.79 Å². The predicted octanol–water partition coefficient (Wildman–Crippen LogP) is 3.44. The maximum absolute atomic E-state index is 9.87. The Balaban J connectivity index is 2.18. The van der Waals surface area contributed by atoms with Crippen molar-refractivity contribution < 1.29 is 14.3 Å². The first kappa shape index (κ1) is 15.6. The van der Waals surface area contributed by atoms with Crippen LogP contribution in [0.5, 0.6) is 0 Å². The average Bonchev–Trinajstić information content (AvgIpc) is 2.39. The van der Waals surface area contributed by atoms with Gasteiger partial charge in [-0.05, 0) is 18.6 Å². The number of benzene rings is 1. The average molecular weight is 271 g/mol. The third-order valence-electron chi connectivity index (χ3n) is 2.86. The zero-order valence-corrected chi connectivity index (χ0v) is 12.0. The van der Waals surface area contributed by atoms with Crippen molar-refractivity contribution in [1.29, 1.82) is 0 Å². The van der Waals surface area contributed by atoms with Crippen molar-refractivity contribution in [1.82, 2.24) is 0 Å². The lowest BCUT2D eigenvalue weighted by molar-refractivity contribution is 0.234. The molecule has 0 saturated carbocycles. The van der Waals surface area contributed by atoms with Gasteiger partial charge in [-0.1, -0.05) is 57.2 Å². The highest BCUT2D eigenvalue weighted by Crippen LogP contribution is 2.49. The van der Waals surface area contributed by atoms with Gasteiger partial charge in [0.05, 0.1) is 6.61 Å². The molecule has 0 bridgehead atoms. The summed E-state index contributed by atoms with van der Waals surface area (Å²) in [5.74, 6) is 0. The summed E-state index contributed by atoms with van der Waals surface area (Å²) in [5, 5.41) is 0.482. The topological polar surface area (TPSA) is 49.7 Å². The first-order chi connectivity index (χ1) is 8.67. The molecule has 0 spiro atoms. The molecule has 102 valence electrons. The van der Waals surface area contributed by atoms with Gasteiger partial charge in [-0.25, -0.2) is 0 Å². The normalized spacial score (nSPS) is 11.7. The van der Waals surface area contributed by atoms with Crippen LogP contribution in [-0.4, -0.2) is 16.4 Å². The minimum Gasteiger partial charge on any atom is -0.188 e. The van der Waals surface area contributed by atoms with Gasteiger partial charge in [0.1, 0.15) is 0 Å². The van der Waals surface area contributed by atoms with E-state index in [1.807, 2.05) is 6.07 Å². The molecule has 0 amide bonds. The first-order valence-electron chi connectivity index (χ1n) is 6.71. The minimum absolute atomic E-state index is 0.418. The molecule has 0 unspecified atom stereocenters. The van der Waals surface area contributed by atoms with Crippen molar-refractivity contribution in [2.45, 2.75) is 45.4 Å². The van der Waals surface area contributed by atoms with Crippen molar-refractivity contribution in [2.24, 2.45) is 0 Å². The van der Waals surface area contributed by atoms with Gasteiger partial charge >= 0.3 is 7.94 Å². The van der Waals surface area contributed by atoms with Crippen LogP contribution >= 0.6 is 7.94 Å². The SMILES string of the molecule is CCCCCCCCO[P+](O)(O)c1ccccc1. The monoisotopic (exact) mass is 271 g/mol. The van der Waals surface area contributed by atoms with Crippen LogP contribution in [0, 0.1) is 0 Å². The van der Waals surface area contributed by atoms with Crippen LogP contribution in [0.15, 0.2) is 30.3 Å². The van der Waals surface area contributed by atoms with Gasteiger partial charge in [0.25, 0.3) is 0 Å². The van der Waals surface area contributed by atoms with Crippen LogP contribution in [0.1, 0.15) is 45.4 Å². The van der Waals surface area contributed by atoms with Crippen LogP contribution in [0.3, 0.4) is 0 Å². The molecular weight excluding hydrogens is 247 g/mol. The zero-order valence-electron chi connectivity index (χ0n) is 11.1. The number of unbranched alkanes of at least 4 members (excludes halogenated alkanes) is 5. The summed E-state index contributed by atoms with van der Waals surface area (Å²) >= 11 is 0. The molecule has 0 heterocycles. The van der Waals surface area contributed by atoms with Crippen molar-refractivity contribution in [2.75, 3.05) is 6.61 Å². The van der Waals surface area contributed by atoms with Gasteiger partial charge in [0.15, 0.2) is 5.30 Å². The fraction of sp³-hybridized carbons (Fsp3) is 0.571. The third kappa shape index (κ3) is 5.92. The van der Waals surface area contributed by atoms with Gasteiger partial charge in [-0.15, -0.1) is 0 Å². The van der Waals surface area contributed by atoms with Crippen LogP contribution < -0.4 is 5.30 Å². The maximum atomic E-state index is 9.87. The lowest BCUT2D eigenvalue weighted by atomic mass is 10.1. The van der Waals surface area contributed by atoms with E-state index in [0.29, 0.717) is 11.9 Å². The standard InChI is InChI=1S/C14H24O3P/c1-2-3-4-5-6-10-13-17-18(15,16)14-11-8-7-9-12-14/h7-9,11-12,15-16H,2-6,10,13H2,1H3/q+1. The molecule has 0 radical (unpaired) electrons. The lowest BCUT2D eigenvalue weighted by Gasteiger charge is -2.10. The van der Waals surface area contributed by atoms with Crippen LogP contribution in [0.4, 0.5) is 0 Å². The second-order valence-corrected chi connectivity index (χ2v) is 6.34. The van der Waals surface area contributed by atoms with E-state index < -0.39 is 7.94 Å². The fourth-order valence-electron chi connectivity index (χ4n) is 1.77. The first-order valence-corrected chi connectivity index (χ1v) is 8.33. The number of hydrogen-bond donors (Lipinski definition) is 2. The molecule has 18 heavy (non-hydrogen) atoms. The van der Waals surface area contributed by atoms with E-state index in [0.717, 1.165) is 12.8 Å².